The number of ether oxygens (including phenoxy) is 3. The summed E-state index contributed by atoms with van der Waals surface area (Å²) in [6.45, 7) is 8.36. The van der Waals surface area contributed by atoms with E-state index in [4.69, 9.17) is 14.2 Å². The first-order valence-electron chi connectivity index (χ1n) is 12.9. The Kier molecular flexibility index (Phi) is 7.36. The highest BCUT2D eigenvalue weighted by molar-refractivity contribution is 6.46. The number of pyridine rings is 1. The van der Waals surface area contributed by atoms with E-state index in [9.17, 15) is 14.7 Å². The summed E-state index contributed by atoms with van der Waals surface area (Å²) in [4.78, 5) is 32.4. The molecule has 2 aliphatic heterocycles. The molecule has 2 atom stereocenters. The van der Waals surface area contributed by atoms with Crippen molar-refractivity contribution in [2.75, 3.05) is 13.2 Å². The Morgan fingerprint density at radius 1 is 1.13 bits per heavy atom. The van der Waals surface area contributed by atoms with Crippen LogP contribution < -0.4 is 14.2 Å². The lowest BCUT2D eigenvalue weighted by molar-refractivity contribution is -0.140. The lowest BCUT2D eigenvalue weighted by Gasteiger charge is -2.26. The molecule has 0 bridgehead atoms. The smallest absolute Gasteiger partial charge is 0.295 e. The Labute approximate surface area is 227 Å². The summed E-state index contributed by atoms with van der Waals surface area (Å²) < 4.78 is 17.4. The van der Waals surface area contributed by atoms with E-state index in [1.54, 1.807) is 60.9 Å². The van der Waals surface area contributed by atoms with Gasteiger partial charge in [0.15, 0.2) is 11.5 Å². The van der Waals surface area contributed by atoms with Crippen molar-refractivity contribution in [1.29, 1.82) is 0 Å². The van der Waals surface area contributed by atoms with Crippen LogP contribution >= 0.6 is 0 Å². The predicted molar refractivity (Wildman–Crippen MR) is 146 cm³/mol. The van der Waals surface area contributed by atoms with Crippen LogP contribution in [0.1, 0.15) is 42.1 Å². The zero-order valence-corrected chi connectivity index (χ0v) is 21.9. The number of likely N-dealkylation sites (tertiary alicyclic amines) is 1. The molecule has 0 unspecified atom stereocenters. The van der Waals surface area contributed by atoms with Crippen molar-refractivity contribution in [1.82, 2.24) is 9.88 Å². The van der Waals surface area contributed by atoms with E-state index in [0.29, 0.717) is 42.3 Å². The second-order valence-electron chi connectivity index (χ2n) is 9.48. The minimum Gasteiger partial charge on any atom is -0.507 e. The molecule has 8 heteroatoms. The number of aromatic nitrogens is 1. The average Bonchev–Trinajstić information content (AvgIpc) is 3.43. The fourth-order valence-electron chi connectivity index (χ4n) is 5.03. The number of Topliss-reactive ketones (excluding diaryl/α,β-unsaturated/α-hetero) is 1. The standard InChI is InChI=1S/C31H30N2O6/c1-4-14-38-25-9-6-21(17-26(25)37-5-2)28-27(29(34)22-7-8-24-23(16-22)15-19(3)39-24)30(35)31(36)33(28)18-20-10-12-32-13-11-20/h4,6-13,16-17,19,28,34H,1,5,14-15,18H2,2-3H3/t19-,28-/m0/s1. The molecule has 8 nitrogen and oxygen atoms in total. The number of aliphatic hydroxyl groups is 1. The number of benzene rings is 2. The number of amides is 1. The van der Waals surface area contributed by atoms with Crippen LogP contribution in [0.4, 0.5) is 0 Å². The van der Waals surface area contributed by atoms with Crippen molar-refractivity contribution in [3.8, 4) is 17.2 Å². The van der Waals surface area contributed by atoms with Gasteiger partial charge in [-0.2, -0.15) is 0 Å². The molecule has 1 aromatic heterocycles. The van der Waals surface area contributed by atoms with Crippen molar-refractivity contribution < 1.29 is 28.9 Å². The maximum absolute atomic E-state index is 13.5. The molecular weight excluding hydrogens is 496 g/mol. The van der Waals surface area contributed by atoms with E-state index in [0.717, 1.165) is 16.9 Å². The molecule has 1 saturated heterocycles. The highest BCUT2D eigenvalue weighted by Gasteiger charge is 2.46. The van der Waals surface area contributed by atoms with Gasteiger partial charge < -0.3 is 24.2 Å². The van der Waals surface area contributed by atoms with Gasteiger partial charge in [-0.05, 0) is 73.0 Å². The van der Waals surface area contributed by atoms with E-state index in [1.165, 1.54) is 4.90 Å². The van der Waals surface area contributed by atoms with E-state index >= 15 is 0 Å². The Bertz CT molecular complexity index is 1450. The summed E-state index contributed by atoms with van der Waals surface area (Å²) >= 11 is 0. The Balaban J connectivity index is 1.64. The van der Waals surface area contributed by atoms with Crippen LogP contribution in [-0.4, -0.2) is 46.0 Å². The maximum Gasteiger partial charge on any atom is 0.295 e. The van der Waals surface area contributed by atoms with E-state index in [-0.39, 0.29) is 24.0 Å². The Morgan fingerprint density at radius 3 is 2.67 bits per heavy atom. The van der Waals surface area contributed by atoms with Gasteiger partial charge in [0.05, 0.1) is 18.2 Å². The van der Waals surface area contributed by atoms with Crippen molar-refractivity contribution >= 4 is 17.4 Å². The molecule has 3 heterocycles. The minimum absolute atomic E-state index is 0.0168. The normalized spacial score (nSPS) is 19.5. The summed E-state index contributed by atoms with van der Waals surface area (Å²) in [6, 6.07) is 13.3. The van der Waals surface area contributed by atoms with Gasteiger partial charge >= 0.3 is 0 Å². The Morgan fingerprint density at radius 2 is 1.92 bits per heavy atom. The second-order valence-corrected chi connectivity index (χ2v) is 9.48. The fourth-order valence-corrected chi connectivity index (χ4v) is 5.03. The lowest BCUT2D eigenvalue weighted by Crippen LogP contribution is -2.29. The summed E-state index contributed by atoms with van der Waals surface area (Å²) in [5.41, 5.74) is 2.82. The summed E-state index contributed by atoms with van der Waals surface area (Å²) in [5, 5.41) is 11.5. The van der Waals surface area contributed by atoms with Crippen LogP contribution in [0.25, 0.3) is 5.76 Å². The SMILES string of the molecule is C=CCOc1ccc([C@H]2C(=C(O)c3ccc4c(c3)C[C@H](C)O4)C(=O)C(=O)N2Cc2ccncc2)cc1OCC. The van der Waals surface area contributed by atoms with Gasteiger partial charge in [-0.15, -0.1) is 0 Å². The van der Waals surface area contributed by atoms with Gasteiger partial charge in [0, 0.05) is 30.9 Å². The number of ketones is 1. The molecule has 2 aliphatic rings. The van der Waals surface area contributed by atoms with Gasteiger partial charge in [-0.1, -0.05) is 18.7 Å². The largest absolute Gasteiger partial charge is 0.507 e. The summed E-state index contributed by atoms with van der Waals surface area (Å²) in [6.07, 6.45) is 5.62. The molecule has 1 amide bonds. The first-order chi connectivity index (χ1) is 18.9. The summed E-state index contributed by atoms with van der Waals surface area (Å²) in [7, 11) is 0. The van der Waals surface area contributed by atoms with Crippen molar-refractivity contribution in [3.05, 3.63) is 101 Å². The Hall–Kier alpha value is -4.59. The number of rotatable bonds is 9. The fraction of sp³-hybridized carbons (Fsp3) is 0.258. The molecule has 3 aromatic rings. The molecule has 1 fully saturated rings. The van der Waals surface area contributed by atoms with Gasteiger partial charge in [-0.25, -0.2) is 0 Å². The lowest BCUT2D eigenvalue weighted by atomic mass is 9.94. The number of hydrogen-bond donors (Lipinski definition) is 1. The molecule has 0 spiro atoms. The highest BCUT2D eigenvalue weighted by atomic mass is 16.5. The van der Waals surface area contributed by atoms with Gasteiger partial charge in [0.2, 0.25) is 0 Å². The maximum atomic E-state index is 13.5. The third-order valence-corrected chi connectivity index (χ3v) is 6.75. The monoisotopic (exact) mass is 526 g/mol. The van der Waals surface area contributed by atoms with Crippen LogP contribution in [-0.2, 0) is 22.6 Å². The van der Waals surface area contributed by atoms with Crippen molar-refractivity contribution in [2.45, 2.75) is 39.0 Å². The van der Waals surface area contributed by atoms with Crippen molar-refractivity contribution in [2.24, 2.45) is 0 Å². The molecule has 0 aliphatic carbocycles. The van der Waals surface area contributed by atoms with E-state index in [1.807, 2.05) is 19.9 Å². The van der Waals surface area contributed by atoms with E-state index < -0.39 is 17.7 Å². The topological polar surface area (TPSA) is 98.2 Å². The first kappa shape index (κ1) is 26.0. The van der Waals surface area contributed by atoms with Crippen LogP contribution in [0, 0.1) is 0 Å². The zero-order valence-electron chi connectivity index (χ0n) is 21.9. The molecular formula is C31H30N2O6. The third-order valence-electron chi connectivity index (χ3n) is 6.75. The number of hydrogen-bond acceptors (Lipinski definition) is 7. The molecule has 200 valence electrons. The highest BCUT2D eigenvalue weighted by Crippen LogP contribution is 2.43. The second kappa shape index (κ2) is 11.0. The first-order valence-corrected chi connectivity index (χ1v) is 12.9. The minimum atomic E-state index is -0.853. The zero-order chi connectivity index (χ0) is 27.5. The third kappa shape index (κ3) is 5.10. The van der Waals surface area contributed by atoms with Gasteiger partial charge in [0.1, 0.15) is 24.2 Å². The number of aliphatic hydroxyl groups excluding tert-OH is 1. The molecule has 1 N–H and O–H groups in total. The van der Waals surface area contributed by atoms with Crippen LogP contribution in [0.5, 0.6) is 17.2 Å². The predicted octanol–water partition coefficient (Wildman–Crippen LogP) is 4.99. The summed E-state index contributed by atoms with van der Waals surface area (Å²) in [5.74, 6) is 0.0606. The van der Waals surface area contributed by atoms with Crippen LogP contribution in [0.15, 0.2) is 79.2 Å². The average molecular weight is 527 g/mol. The van der Waals surface area contributed by atoms with Crippen LogP contribution in [0.2, 0.25) is 0 Å². The van der Waals surface area contributed by atoms with E-state index in [2.05, 4.69) is 11.6 Å². The molecule has 0 radical (unpaired) electrons. The van der Waals surface area contributed by atoms with Crippen LogP contribution in [0.3, 0.4) is 0 Å². The number of carbonyl (C=O) groups is 2. The number of carbonyl (C=O) groups excluding carboxylic acids is 2. The molecule has 2 aromatic carbocycles. The van der Waals surface area contributed by atoms with Gasteiger partial charge in [0.25, 0.3) is 11.7 Å². The van der Waals surface area contributed by atoms with Crippen molar-refractivity contribution in [3.63, 3.8) is 0 Å². The molecule has 39 heavy (non-hydrogen) atoms. The molecule has 5 rings (SSSR count). The quantitative estimate of drug-likeness (QED) is 0.182. The molecule has 0 saturated carbocycles. The number of nitrogens with zero attached hydrogens (tertiary/aromatic N) is 2. The van der Waals surface area contributed by atoms with Gasteiger partial charge in [-0.3, -0.25) is 14.6 Å². The number of fused-ring (bicyclic) bond motifs is 1.